The number of H-pyrrole nitrogens is 1. The Balaban J connectivity index is 1.74. The molecule has 30 heavy (non-hydrogen) atoms. The van der Waals surface area contributed by atoms with Crippen LogP contribution in [0.4, 0.5) is 5.69 Å². The average molecular weight is 427 g/mol. The molecule has 4 rings (SSSR count). The number of benzene rings is 1. The minimum Gasteiger partial charge on any atom is -0.466 e. The van der Waals surface area contributed by atoms with Gasteiger partial charge in [0.1, 0.15) is 10.9 Å². The molecular weight excluding hydrogens is 408 g/mol. The summed E-state index contributed by atoms with van der Waals surface area (Å²) in [4.78, 5) is 34.0. The third-order valence-corrected chi connectivity index (χ3v) is 5.08. The second-order valence-corrected chi connectivity index (χ2v) is 7.10. The molecule has 0 fully saturated rings. The minimum absolute atomic E-state index is 0.0748. The first-order valence-corrected chi connectivity index (χ1v) is 9.63. The lowest BCUT2D eigenvalue weighted by molar-refractivity contribution is -0.136. The van der Waals surface area contributed by atoms with Crippen molar-refractivity contribution >= 4 is 40.2 Å². The summed E-state index contributed by atoms with van der Waals surface area (Å²) < 4.78 is 4.84. The van der Waals surface area contributed by atoms with Crippen molar-refractivity contribution in [3.05, 3.63) is 58.9 Å². The number of carbonyl (C=O) groups is 2. The van der Waals surface area contributed by atoms with Crippen molar-refractivity contribution in [2.45, 2.75) is 0 Å². The van der Waals surface area contributed by atoms with Crippen molar-refractivity contribution in [2.75, 3.05) is 32.1 Å². The van der Waals surface area contributed by atoms with Gasteiger partial charge in [-0.1, -0.05) is 29.8 Å². The van der Waals surface area contributed by atoms with Gasteiger partial charge in [-0.05, 0) is 24.3 Å². The highest BCUT2D eigenvalue weighted by molar-refractivity contribution is 6.29. The molecule has 0 saturated carbocycles. The highest BCUT2D eigenvalue weighted by Gasteiger charge is 2.34. The van der Waals surface area contributed by atoms with Gasteiger partial charge >= 0.3 is 5.97 Å². The number of anilines is 1. The second-order valence-electron chi connectivity index (χ2n) is 6.72. The van der Waals surface area contributed by atoms with Crippen LogP contribution in [0.3, 0.4) is 0 Å². The number of aliphatic hydroxyl groups is 1. The Morgan fingerprint density at radius 1 is 1.33 bits per heavy atom. The lowest BCUT2D eigenvalue weighted by Gasteiger charge is -2.16. The number of fused-ring (bicyclic) bond motifs is 1. The molecule has 0 unspecified atom stereocenters. The first-order valence-electron chi connectivity index (χ1n) is 9.25. The lowest BCUT2D eigenvalue weighted by atomic mass is 10.1. The number of aliphatic hydroxyl groups excluding tert-OH is 1. The number of pyridine rings is 1. The highest BCUT2D eigenvalue weighted by atomic mass is 35.5. The summed E-state index contributed by atoms with van der Waals surface area (Å²) in [6.07, 6.45) is 0. The van der Waals surface area contributed by atoms with E-state index in [0.717, 1.165) is 16.8 Å². The summed E-state index contributed by atoms with van der Waals surface area (Å²) in [5.41, 5.74) is 4.09. The summed E-state index contributed by atoms with van der Waals surface area (Å²) in [6, 6.07) is 12.8. The SMILES string of the molecule is COC(=O)C1=C(Nc2ccccc2-c2cc3nc(Cl)ccc3[nH]2)C(=O)N(CCO)C1. The Labute approximate surface area is 177 Å². The molecule has 0 atom stereocenters. The van der Waals surface area contributed by atoms with Gasteiger partial charge in [-0.25, -0.2) is 9.78 Å². The van der Waals surface area contributed by atoms with Crippen LogP contribution < -0.4 is 5.32 Å². The van der Waals surface area contributed by atoms with E-state index < -0.39 is 5.97 Å². The van der Waals surface area contributed by atoms with Crippen LogP contribution in [0.15, 0.2) is 53.7 Å². The number of β-amino-alcohol motifs (C(OH)–C–C–N with tert-alkyl or cyclic N) is 1. The van der Waals surface area contributed by atoms with Crippen LogP contribution in [0.1, 0.15) is 0 Å². The van der Waals surface area contributed by atoms with Gasteiger partial charge in [0.25, 0.3) is 5.91 Å². The van der Waals surface area contributed by atoms with E-state index in [2.05, 4.69) is 15.3 Å². The first kappa shape index (κ1) is 19.9. The van der Waals surface area contributed by atoms with E-state index >= 15 is 0 Å². The van der Waals surface area contributed by atoms with E-state index in [-0.39, 0.29) is 36.9 Å². The third kappa shape index (κ3) is 3.62. The molecule has 3 heterocycles. The number of esters is 1. The van der Waals surface area contributed by atoms with Crippen molar-refractivity contribution < 1.29 is 19.4 Å². The number of halogens is 1. The molecule has 0 bridgehead atoms. The number of nitrogens with zero attached hydrogens (tertiary/aromatic N) is 2. The molecule has 0 radical (unpaired) electrons. The van der Waals surface area contributed by atoms with Crippen LogP contribution in [0.2, 0.25) is 5.15 Å². The lowest BCUT2D eigenvalue weighted by Crippen LogP contribution is -2.31. The number of hydrogen-bond acceptors (Lipinski definition) is 6. The van der Waals surface area contributed by atoms with Crippen LogP contribution in [0.25, 0.3) is 22.3 Å². The predicted octanol–water partition coefficient (Wildman–Crippen LogP) is 2.56. The number of nitrogens with one attached hydrogen (secondary N) is 2. The Kier molecular flexibility index (Phi) is 5.43. The molecule has 9 heteroatoms. The van der Waals surface area contributed by atoms with E-state index in [1.165, 1.54) is 12.0 Å². The summed E-state index contributed by atoms with van der Waals surface area (Å²) in [7, 11) is 1.27. The molecular formula is C21H19ClN4O4. The molecule has 1 aliphatic rings. The Bertz CT molecular complexity index is 1170. The van der Waals surface area contributed by atoms with Crippen molar-refractivity contribution in [2.24, 2.45) is 0 Å². The summed E-state index contributed by atoms with van der Waals surface area (Å²) in [6.45, 7) is 0.000653. The van der Waals surface area contributed by atoms with Crippen molar-refractivity contribution in [3.8, 4) is 11.3 Å². The maximum atomic E-state index is 12.8. The molecule has 0 saturated heterocycles. The van der Waals surface area contributed by atoms with E-state index in [0.29, 0.717) is 16.4 Å². The average Bonchev–Trinajstić information content (AvgIpc) is 3.30. The number of aromatic nitrogens is 2. The van der Waals surface area contributed by atoms with Crippen LogP contribution in [-0.2, 0) is 14.3 Å². The number of aromatic amines is 1. The van der Waals surface area contributed by atoms with Gasteiger partial charge < -0.3 is 25.0 Å². The van der Waals surface area contributed by atoms with Crippen molar-refractivity contribution in [3.63, 3.8) is 0 Å². The van der Waals surface area contributed by atoms with Gasteiger partial charge in [-0.2, -0.15) is 0 Å². The summed E-state index contributed by atoms with van der Waals surface area (Å²) in [5, 5.41) is 12.7. The number of hydrogen-bond donors (Lipinski definition) is 3. The molecule has 1 amide bonds. The minimum atomic E-state index is -0.590. The largest absolute Gasteiger partial charge is 0.466 e. The maximum Gasteiger partial charge on any atom is 0.337 e. The number of para-hydroxylation sites is 1. The number of methoxy groups -OCH3 is 1. The van der Waals surface area contributed by atoms with E-state index in [1.54, 1.807) is 6.07 Å². The van der Waals surface area contributed by atoms with Crippen LogP contribution in [0.5, 0.6) is 0 Å². The number of amides is 1. The smallest absolute Gasteiger partial charge is 0.337 e. The quantitative estimate of drug-likeness (QED) is 0.413. The van der Waals surface area contributed by atoms with Gasteiger partial charge in [-0.15, -0.1) is 0 Å². The molecule has 3 aromatic rings. The zero-order valence-electron chi connectivity index (χ0n) is 16.1. The molecule has 8 nitrogen and oxygen atoms in total. The van der Waals surface area contributed by atoms with Gasteiger partial charge in [0.15, 0.2) is 0 Å². The fourth-order valence-corrected chi connectivity index (χ4v) is 3.59. The number of carbonyl (C=O) groups excluding carboxylic acids is 2. The normalized spacial score (nSPS) is 14.0. The Hall–Kier alpha value is -3.36. The first-order chi connectivity index (χ1) is 14.5. The van der Waals surface area contributed by atoms with Crippen molar-refractivity contribution in [1.29, 1.82) is 0 Å². The highest BCUT2D eigenvalue weighted by Crippen LogP contribution is 2.32. The third-order valence-electron chi connectivity index (χ3n) is 4.87. The topological polar surface area (TPSA) is 108 Å². The predicted molar refractivity (Wildman–Crippen MR) is 113 cm³/mol. The van der Waals surface area contributed by atoms with Gasteiger partial charge in [0.05, 0.1) is 42.6 Å². The number of ether oxygens (including phenoxy) is 1. The van der Waals surface area contributed by atoms with Gasteiger partial charge in [0.2, 0.25) is 0 Å². The van der Waals surface area contributed by atoms with E-state index in [4.69, 9.17) is 16.3 Å². The van der Waals surface area contributed by atoms with Gasteiger partial charge in [0, 0.05) is 17.8 Å². The van der Waals surface area contributed by atoms with E-state index in [9.17, 15) is 14.7 Å². The Morgan fingerprint density at radius 2 is 2.13 bits per heavy atom. The molecule has 154 valence electrons. The molecule has 0 aliphatic carbocycles. The molecule has 0 spiro atoms. The van der Waals surface area contributed by atoms with Crippen LogP contribution >= 0.6 is 11.6 Å². The Morgan fingerprint density at radius 3 is 2.90 bits per heavy atom. The monoisotopic (exact) mass is 426 g/mol. The van der Waals surface area contributed by atoms with Crippen molar-refractivity contribution in [1.82, 2.24) is 14.9 Å². The standard InChI is InChI=1S/C21H19ClN4O4/c1-30-21(29)13-11-26(8-9-27)20(28)19(13)25-14-5-3-2-4-12(14)16-10-17-15(23-16)6-7-18(22)24-17/h2-7,10,23,25,27H,8-9,11H2,1H3. The number of rotatable bonds is 6. The summed E-state index contributed by atoms with van der Waals surface area (Å²) in [5.74, 6) is -0.961. The maximum absolute atomic E-state index is 12.8. The molecule has 1 aliphatic heterocycles. The molecule has 2 aromatic heterocycles. The molecule has 1 aromatic carbocycles. The zero-order valence-corrected chi connectivity index (χ0v) is 16.9. The fourth-order valence-electron chi connectivity index (χ4n) is 3.44. The van der Waals surface area contributed by atoms with Crippen LogP contribution in [-0.4, -0.2) is 58.7 Å². The van der Waals surface area contributed by atoms with Gasteiger partial charge in [-0.3, -0.25) is 4.79 Å². The second kappa shape index (κ2) is 8.17. The van der Waals surface area contributed by atoms with Crippen LogP contribution in [0, 0.1) is 0 Å². The zero-order chi connectivity index (χ0) is 21.3. The van der Waals surface area contributed by atoms with E-state index in [1.807, 2.05) is 36.4 Å². The fraction of sp³-hybridized carbons (Fsp3) is 0.190. The molecule has 3 N–H and O–H groups in total. The summed E-state index contributed by atoms with van der Waals surface area (Å²) >= 11 is 5.99.